The molecule has 98 valence electrons. The summed E-state index contributed by atoms with van der Waals surface area (Å²) in [4.78, 5) is 11.0. The zero-order valence-electron chi connectivity index (χ0n) is 10.2. The monoisotopic (exact) mass is 276 g/mol. The van der Waals surface area contributed by atoms with E-state index in [4.69, 9.17) is 5.11 Å². The second kappa shape index (κ2) is 6.38. The lowest BCUT2D eigenvalue weighted by molar-refractivity contribution is 0.0696. The number of aromatic carboxylic acids is 1. The van der Waals surface area contributed by atoms with Gasteiger partial charge in [0.05, 0.1) is 5.56 Å². The average molecular weight is 276 g/mol. The average Bonchev–Trinajstić information content (AvgIpc) is 2.41. The highest BCUT2D eigenvalue weighted by molar-refractivity contribution is 7.97. The van der Waals surface area contributed by atoms with Crippen LogP contribution in [-0.2, 0) is 11.5 Å². The largest absolute Gasteiger partial charge is 0.478 e. The van der Waals surface area contributed by atoms with Crippen LogP contribution in [0.2, 0.25) is 0 Å². The smallest absolute Gasteiger partial charge is 0.335 e. The molecule has 0 radical (unpaired) electrons. The van der Waals surface area contributed by atoms with Gasteiger partial charge in [0.1, 0.15) is 5.82 Å². The van der Waals surface area contributed by atoms with Gasteiger partial charge in [-0.15, -0.1) is 0 Å². The number of rotatable bonds is 5. The van der Waals surface area contributed by atoms with Crippen LogP contribution in [0.3, 0.4) is 0 Å². The summed E-state index contributed by atoms with van der Waals surface area (Å²) in [6.07, 6.45) is 0. The van der Waals surface area contributed by atoms with Crippen molar-refractivity contribution in [2.75, 3.05) is 0 Å². The van der Waals surface area contributed by atoms with Gasteiger partial charge in [-0.2, -0.15) is 11.8 Å². The molecule has 0 aliphatic heterocycles. The van der Waals surface area contributed by atoms with Gasteiger partial charge < -0.3 is 5.11 Å². The maximum Gasteiger partial charge on any atom is 0.335 e. The summed E-state index contributed by atoms with van der Waals surface area (Å²) in [5, 5.41) is 9.06. The molecule has 0 aliphatic rings. The molecule has 2 rings (SSSR count). The second-order valence-electron chi connectivity index (χ2n) is 4.05. The van der Waals surface area contributed by atoms with Gasteiger partial charge in [-0.05, 0) is 23.3 Å². The third-order valence-corrected chi connectivity index (χ3v) is 3.75. The molecular weight excluding hydrogens is 263 g/mol. The Kier molecular flexibility index (Phi) is 4.58. The van der Waals surface area contributed by atoms with Crippen molar-refractivity contribution in [1.29, 1.82) is 0 Å². The normalized spacial score (nSPS) is 10.4. The van der Waals surface area contributed by atoms with Crippen LogP contribution in [0, 0.1) is 5.82 Å². The van der Waals surface area contributed by atoms with Crippen LogP contribution in [0.1, 0.15) is 21.5 Å². The van der Waals surface area contributed by atoms with Crippen molar-refractivity contribution in [3.05, 3.63) is 71.0 Å². The molecule has 0 aliphatic carbocycles. The SMILES string of the molecule is O=C(O)c1ccccc1CSCc1ccccc1F. The number of hydrogen-bond acceptors (Lipinski definition) is 2. The van der Waals surface area contributed by atoms with E-state index in [9.17, 15) is 9.18 Å². The van der Waals surface area contributed by atoms with Crippen molar-refractivity contribution in [2.24, 2.45) is 0 Å². The van der Waals surface area contributed by atoms with E-state index in [-0.39, 0.29) is 5.82 Å². The van der Waals surface area contributed by atoms with Gasteiger partial charge in [0.25, 0.3) is 0 Å². The molecule has 0 bridgehead atoms. The molecule has 0 heterocycles. The molecule has 19 heavy (non-hydrogen) atoms. The van der Waals surface area contributed by atoms with Crippen molar-refractivity contribution < 1.29 is 14.3 Å². The van der Waals surface area contributed by atoms with E-state index in [1.54, 1.807) is 36.4 Å². The van der Waals surface area contributed by atoms with Gasteiger partial charge >= 0.3 is 5.97 Å². The zero-order chi connectivity index (χ0) is 13.7. The Morgan fingerprint density at radius 3 is 2.26 bits per heavy atom. The van der Waals surface area contributed by atoms with Gasteiger partial charge in [-0.25, -0.2) is 9.18 Å². The van der Waals surface area contributed by atoms with Gasteiger partial charge in [0.15, 0.2) is 0 Å². The highest BCUT2D eigenvalue weighted by Crippen LogP contribution is 2.21. The molecule has 0 amide bonds. The minimum atomic E-state index is -0.929. The molecule has 2 aromatic rings. The van der Waals surface area contributed by atoms with Crippen molar-refractivity contribution in [3.63, 3.8) is 0 Å². The van der Waals surface area contributed by atoms with Crippen LogP contribution in [-0.4, -0.2) is 11.1 Å². The number of carboxylic acid groups (broad SMARTS) is 1. The molecule has 2 nitrogen and oxygen atoms in total. The van der Waals surface area contributed by atoms with E-state index in [2.05, 4.69) is 0 Å². The van der Waals surface area contributed by atoms with E-state index in [0.717, 1.165) is 5.56 Å². The first-order valence-electron chi connectivity index (χ1n) is 5.81. The Morgan fingerprint density at radius 1 is 1.00 bits per heavy atom. The molecule has 0 saturated heterocycles. The molecule has 0 saturated carbocycles. The predicted molar refractivity (Wildman–Crippen MR) is 74.8 cm³/mol. The molecule has 0 aromatic heterocycles. The number of hydrogen-bond donors (Lipinski definition) is 1. The van der Waals surface area contributed by atoms with Gasteiger partial charge in [0.2, 0.25) is 0 Å². The van der Waals surface area contributed by atoms with Crippen molar-refractivity contribution in [1.82, 2.24) is 0 Å². The zero-order valence-corrected chi connectivity index (χ0v) is 11.0. The quantitative estimate of drug-likeness (QED) is 0.898. The third-order valence-electron chi connectivity index (χ3n) is 2.72. The van der Waals surface area contributed by atoms with E-state index in [1.165, 1.54) is 17.8 Å². The number of carbonyl (C=O) groups is 1. The van der Waals surface area contributed by atoms with Gasteiger partial charge in [0, 0.05) is 11.5 Å². The fourth-order valence-electron chi connectivity index (χ4n) is 1.74. The number of benzene rings is 2. The van der Waals surface area contributed by atoms with E-state index in [1.807, 2.05) is 6.07 Å². The summed E-state index contributed by atoms with van der Waals surface area (Å²) < 4.78 is 13.4. The maximum absolute atomic E-state index is 13.4. The van der Waals surface area contributed by atoms with E-state index < -0.39 is 5.97 Å². The van der Waals surface area contributed by atoms with E-state index in [0.29, 0.717) is 22.6 Å². The summed E-state index contributed by atoms with van der Waals surface area (Å²) in [6, 6.07) is 13.5. The van der Waals surface area contributed by atoms with Crippen LogP contribution in [0.25, 0.3) is 0 Å². The van der Waals surface area contributed by atoms with E-state index >= 15 is 0 Å². The van der Waals surface area contributed by atoms with Crippen molar-refractivity contribution >= 4 is 17.7 Å². The summed E-state index contributed by atoms with van der Waals surface area (Å²) in [7, 11) is 0. The highest BCUT2D eigenvalue weighted by atomic mass is 32.2. The summed E-state index contributed by atoms with van der Waals surface area (Å²) in [6.45, 7) is 0. The first-order valence-corrected chi connectivity index (χ1v) is 6.96. The second-order valence-corrected chi connectivity index (χ2v) is 5.03. The predicted octanol–water partition coefficient (Wildman–Crippen LogP) is 3.96. The molecular formula is C15H13FO2S. The minimum Gasteiger partial charge on any atom is -0.478 e. The van der Waals surface area contributed by atoms with Crippen molar-refractivity contribution in [2.45, 2.75) is 11.5 Å². The lowest BCUT2D eigenvalue weighted by Crippen LogP contribution is -2.01. The lowest BCUT2D eigenvalue weighted by Gasteiger charge is -2.06. The fourth-order valence-corrected chi connectivity index (χ4v) is 2.77. The Bertz CT molecular complexity index is 584. The Morgan fingerprint density at radius 2 is 1.58 bits per heavy atom. The molecule has 0 unspecified atom stereocenters. The number of halogens is 1. The number of thioether (sulfide) groups is 1. The fraction of sp³-hybridized carbons (Fsp3) is 0.133. The molecule has 0 fully saturated rings. The number of carboxylic acids is 1. The Hall–Kier alpha value is -1.81. The van der Waals surface area contributed by atoms with Gasteiger partial charge in [-0.3, -0.25) is 0 Å². The first kappa shape index (κ1) is 13.6. The minimum absolute atomic E-state index is 0.221. The van der Waals surface area contributed by atoms with Crippen LogP contribution >= 0.6 is 11.8 Å². The van der Waals surface area contributed by atoms with Crippen LogP contribution < -0.4 is 0 Å². The molecule has 0 atom stereocenters. The molecule has 1 N–H and O–H groups in total. The summed E-state index contributed by atoms with van der Waals surface area (Å²) >= 11 is 1.50. The van der Waals surface area contributed by atoms with Crippen LogP contribution in [0.15, 0.2) is 48.5 Å². The lowest BCUT2D eigenvalue weighted by atomic mass is 10.1. The molecule has 2 aromatic carbocycles. The first-order chi connectivity index (χ1) is 9.18. The Balaban J connectivity index is 2.00. The summed E-state index contributed by atoms with van der Waals surface area (Å²) in [5.74, 6) is -0.0686. The standard InChI is InChI=1S/C15H13FO2S/c16-14-8-4-2-6-12(14)10-19-9-11-5-1-3-7-13(11)15(17)18/h1-8H,9-10H2,(H,17,18). The summed E-state index contributed by atoms with van der Waals surface area (Å²) in [5.41, 5.74) is 1.71. The highest BCUT2D eigenvalue weighted by Gasteiger charge is 2.09. The van der Waals surface area contributed by atoms with Crippen LogP contribution in [0.5, 0.6) is 0 Å². The van der Waals surface area contributed by atoms with Gasteiger partial charge in [-0.1, -0.05) is 36.4 Å². The molecule has 0 spiro atoms. The molecule has 4 heteroatoms. The topological polar surface area (TPSA) is 37.3 Å². The Labute approximate surface area is 115 Å². The van der Waals surface area contributed by atoms with Crippen LogP contribution in [0.4, 0.5) is 4.39 Å². The third kappa shape index (κ3) is 3.58. The maximum atomic E-state index is 13.4. The van der Waals surface area contributed by atoms with Crippen molar-refractivity contribution in [3.8, 4) is 0 Å².